The van der Waals surface area contributed by atoms with Gasteiger partial charge in [0.2, 0.25) is 5.91 Å². The minimum Gasteiger partial charge on any atom is -0.326 e. The van der Waals surface area contributed by atoms with E-state index >= 15 is 0 Å². The zero-order valence-electron chi connectivity index (χ0n) is 9.55. The van der Waals surface area contributed by atoms with Crippen molar-refractivity contribution in [2.75, 3.05) is 5.32 Å². The summed E-state index contributed by atoms with van der Waals surface area (Å²) in [4.78, 5) is 11.5. The van der Waals surface area contributed by atoms with Crippen molar-refractivity contribution in [3.05, 3.63) is 29.8 Å². The summed E-state index contributed by atoms with van der Waals surface area (Å²) < 4.78 is 36.9. The van der Waals surface area contributed by atoms with Crippen LogP contribution in [0.5, 0.6) is 0 Å². The average Bonchev–Trinajstić information content (AvgIpc) is 2.95. The highest BCUT2D eigenvalue weighted by Gasteiger charge is 2.40. The minimum atomic E-state index is -4.36. The molecule has 0 saturated heterocycles. The van der Waals surface area contributed by atoms with Gasteiger partial charge in [-0.15, -0.1) is 0 Å². The normalized spacial score (nSPS) is 17.3. The summed E-state index contributed by atoms with van der Waals surface area (Å²) in [6.45, 7) is 0. The average molecular weight is 258 g/mol. The van der Waals surface area contributed by atoms with E-state index in [1.807, 2.05) is 0 Å². The van der Waals surface area contributed by atoms with Gasteiger partial charge < -0.3 is 11.1 Å². The SMILES string of the molecule is NC1(CC(=O)Nc2ccc(C(F)(F)F)cc2)CC1. The van der Waals surface area contributed by atoms with E-state index in [2.05, 4.69) is 5.32 Å². The van der Waals surface area contributed by atoms with Gasteiger partial charge in [-0.3, -0.25) is 4.79 Å². The number of anilines is 1. The maximum atomic E-state index is 12.3. The molecule has 0 radical (unpaired) electrons. The number of halogens is 3. The zero-order valence-corrected chi connectivity index (χ0v) is 9.55. The first kappa shape index (κ1) is 12.9. The Labute approximate surface area is 102 Å². The molecule has 1 saturated carbocycles. The fraction of sp³-hybridized carbons (Fsp3) is 0.417. The Morgan fingerprint density at radius 1 is 1.28 bits per heavy atom. The predicted molar refractivity (Wildman–Crippen MR) is 60.8 cm³/mol. The van der Waals surface area contributed by atoms with Gasteiger partial charge in [0.25, 0.3) is 0 Å². The van der Waals surface area contributed by atoms with Crippen LogP contribution in [0, 0.1) is 0 Å². The van der Waals surface area contributed by atoms with Gasteiger partial charge in [-0.05, 0) is 37.1 Å². The summed E-state index contributed by atoms with van der Waals surface area (Å²) in [6.07, 6.45) is -2.53. The molecule has 0 heterocycles. The molecule has 1 fully saturated rings. The Morgan fingerprint density at radius 2 is 1.83 bits per heavy atom. The molecular weight excluding hydrogens is 245 g/mol. The third-order valence-corrected chi connectivity index (χ3v) is 2.90. The standard InChI is InChI=1S/C12H13F3N2O/c13-12(14,15)8-1-3-9(4-2-8)17-10(18)7-11(16)5-6-11/h1-4H,5-7,16H2,(H,17,18). The van der Waals surface area contributed by atoms with E-state index in [-0.39, 0.29) is 12.3 Å². The van der Waals surface area contributed by atoms with E-state index in [9.17, 15) is 18.0 Å². The van der Waals surface area contributed by atoms with Gasteiger partial charge in [-0.25, -0.2) is 0 Å². The van der Waals surface area contributed by atoms with Gasteiger partial charge in [-0.2, -0.15) is 13.2 Å². The van der Waals surface area contributed by atoms with Crippen LogP contribution in [0.25, 0.3) is 0 Å². The molecule has 3 N–H and O–H groups in total. The first-order valence-corrected chi connectivity index (χ1v) is 5.55. The van der Waals surface area contributed by atoms with Crippen LogP contribution in [0.1, 0.15) is 24.8 Å². The molecule has 3 nitrogen and oxygen atoms in total. The molecule has 1 aromatic rings. The first-order chi connectivity index (χ1) is 8.28. The van der Waals surface area contributed by atoms with E-state index in [1.54, 1.807) is 0 Å². The lowest BCUT2D eigenvalue weighted by Gasteiger charge is -2.10. The van der Waals surface area contributed by atoms with Gasteiger partial charge in [-0.1, -0.05) is 0 Å². The lowest BCUT2D eigenvalue weighted by molar-refractivity contribution is -0.137. The third kappa shape index (κ3) is 3.22. The number of carbonyl (C=O) groups is 1. The van der Waals surface area contributed by atoms with Crippen LogP contribution < -0.4 is 11.1 Å². The number of carbonyl (C=O) groups excluding carboxylic acids is 1. The minimum absolute atomic E-state index is 0.202. The molecule has 1 amide bonds. The number of alkyl halides is 3. The smallest absolute Gasteiger partial charge is 0.326 e. The molecule has 6 heteroatoms. The van der Waals surface area contributed by atoms with Crippen LogP contribution >= 0.6 is 0 Å². The van der Waals surface area contributed by atoms with Gasteiger partial charge >= 0.3 is 6.18 Å². The molecule has 0 bridgehead atoms. The third-order valence-electron chi connectivity index (χ3n) is 2.90. The fourth-order valence-electron chi connectivity index (χ4n) is 1.60. The molecule has 0 spiro atoms. The molecule has 2 rings (SSSR count). The Morgan fingerprint density at radius 3 is 2.28 bits per heavy atom. The monoisotopic (exact) mass is 258 g/mol. The highest BCUT2D eigenvalue weighted by molar-refractivity contribution is 5.91. The summed E-state index contributed by atoms with van der Waals surface area (Å²) in [5, 5.41) is 2.53. The fourth-order valence-corrected chi connectivity index (χ4v) is 1.60. The molecule has 0 aromatic heterocycles. The Hall–Kier alpha value is -1.56. The van der Waals surface area contributed by atoms with Crippen molar-refractivity contribution in [3.8, 4) is 0 Å². The van der Waals surface area contributed by atoms with Crippen molar-refractivity contribution in [2.24, 2.45) is 5.73 Å². The Bertz CT molecular complexity index is 449. The molecule has 98 valence electrons. The van der Waals surface area contributed by atoms with Crippen molar-refractivity contribution in [2.45, 2.75) is 31.0 Å². The first-order valence-electron chi connectivity index (χ1n) is 5.55. The molecule has 1 aliphatic carbocycles. The molecule has 0 aliphatic heterocycles. The summed E-state index contributed by atoms with van der Waals surface area (Å²) in [5.41, 5.74) is 4.97. The van der Waals surface area contributed by atoms with Gasteiger partial charge in [0.05, 0.1) is 5.56 Å². The van der Waals surface area contributed by atoms with E-state index in [4.69, 9.17) is 5.73 Å². The highest BCUT2D eigenvalue weighted by Crippen LogP contribution is 2.35. The predicted octanol–water partition coefficient (Wildman–Crippen LogP) is 2.53. The maximum absolute atomic E-state index is 12.3. The van der Waals surface area contributed by atoms with E-state index in [0.29, 0.717) is 5.69 Å². The summed E-state index contributed by atoms with van der Waals surface area (Å²) in [6, 6.07) is 4.34. The summed E-state index contributed by atoms with van der Waals surface area (Å²) in [7, 11) is 0. The second-order valence-corrected chi connectivity index (χ2v) is 4.66. The Kier molecular flexibility index (Phi) is 3.06. The lowest BCUT2D eigenvalue weighted by atomic mass is 10.1. The number of rotatable bonds is 3. The Balaban J connectivity index is 1.96. The van der Waals surface area contributed by atoms with Crippen LogP contribution in [0.3, 0.4) is 0 Å². The number of benzene rings is 1. The van der Waals surface area contributed by atoms with Crippen molar-refractivity contribution in [3.63, 3.8) is 0 Å². The van der Waals surface area contributed by atoms with Crippen molar-refractivity contribution in [1.82, 2.24) is 0 Å². The molecule has 0 unspecified atom stereocenters. The second-order valence-electron chi connectivity index (χ2n) is 4.66. The largest absolute Gasteiger partial charge is 0.416 e. The van der Waals surface area contributed by atoms with Crippen molar-refractivity contribution in [1.29, 1.82) is 0 Å². The number of hydrogen-bond donors (Lipinski definition) is 2. The molecule has 1 aromatic carbocycles. The van der Waals surface area contributed by atoms with E-state index < -0.39 is 17.3 Å². The molecule has 0 atom stereocenters. The number of amides is 1. The number of nitrogens with two attached hydrogens (primary N) is 1. The van der Waals surface area contributed by atoms with Crippen LogP contribution in [0.4, 0.5) is 18.9 Å². The van der Waals surface area contributed by atoms with Crippen molar-refractivity contribution >= 4 is 11.6 Å². The summed E-state index contributed by atoms with van der Waals surface area (Å²) >= 11 is 0. The highest BCUT2D eigenvalue weighted by atomic mass is 19.4. The van der Waals surface area contributed by atoms with Gasteiger partial charge in [0.15, 0.2) is 0 Å². The topological polar surface area (TPSA) is 55.1 Å². The van der Waals surface area contributed by atoms with Crippen LogP contribution in [-0.4, -0.2) is 11.4 Å². The molecule has 1 aliphatic rings. The van der Waals surface area contributed by atoms with Gasteiger partial charge in [0.1, 0.15) is 0 Å². The number of hydrogen-bond acceptors (Lipinski definition) is 2. The molecule has 18 heavy (non-hydrogen) atoms. The zero-order chi connectivity index (χ0) is 13.4. The second kappa shape index (κ2) is 4.28. The van der Waals surface area contributed by atoms with Gasteiger partial charge in [0, 0.05) is 17.6 Å². The van der Waals surface area contributed by atoms with Crippen LogP contribution in [-0.2, 0) is 11.0 Å². The quantitative estimate of drug-likeness (QED) is 0.875. The lowest BCUT2D eigenvalue weighted by Crippen LogP contribution is -2.28. The van der Waals surface area contributed by atoms with Crippen LogP contribution in [0.2, 0.25) is 0 Å². The number of nitrogens with one attached hydrogen (secondary N) is 1. The summed E-state index contributed by atoms with van der Waals surface area (Å²) in [5.74, 6) is -0.269. The van der Waals surface area contributed by atoms with E-state index in [1.165, 1.54) is 12.1 Å². The van der Waals surface area contributed by atoms with Crippen molar-refractivity contribution < 1.29 is 18.0 Å². The van der Waals surface area contributed by atoms with E-state index in [0.717, 1.165) is 25.0 Å². The maximum Gasteiger partial charge on any atom is 0.416 e. The molecular formula is C12H13F3N2O. The van der Waals surface area contributed by atoms with Crippen LogP contribution in [0.15, 0.2) is 24.3 Å².